The van der Waals surface area contributed by atoms with E-state index in [0.29, 0.717) is 16.6 Å². The Hall–Kier alpha value is -1.08. The van der Waals surface area contributed by atoms with E-state index in [-0.39, 0.29) is 10.9 Å². The van der Waals surface area contributed by atoms with Gasteiger partial charge in [0, 0.05) is 11.5 Å². The van der Waals surface area contributed by atoms with Crippen LogP contribution in [0.2, 0.25) is 0 Å². The van der Waals surface area contributed by atoms with Gasteiger partial charge in [-0.25, -0.2) is 8.78 Å². The molecule has 112 valence electrons. The summed E-state index contributed by atoms with van der Waals surface area (Å²) in [6.07, 6.45) is 0.573. The zero-order valence-corrected chi connectivity index (χ0v) is 14.6. The van der Waals surface area contributed by atoms with Gasteiger partial charge in [-0.3, -0.25) is 9.48 Å². The van der Waals surface area contributed by atoms with Crippen LogP contribution >= 0.6 is 31.9 Å². The highest BCUT2D eigenvalue weighted by molar-refractivity contribution is 9.10. The lowest BCUT2D eigenvalue weighted by molar-refractivity contribution is 0.0982. The fourth-order valence-electron chi connectivity index (χ4n) is 2.06. The van der Waals surface area contributed by atoms with Crippen LogP contribution < -0.4 is 0 Å². The number of hydrogen-bond acceptors (Lipinski definition) is 2. The van der Waals surface area contributed by atoms with Crippen LogP contribution in [0.1, 0.15) is 28.7 Å². The van der Waals surface area contributed by atoms with E-state index in [9.17, 15) is 13.6 Å². The molecule has 0 atom stereocenters. The van der Waals surface area contributed by atoms with Crippen LogP contribution in [0.4, 0.5) is 8.78 Å². The number of carbonyl (C=O) groups is 1. The molecular weight excluding hydrogens is 410 g/mol. The highest BCUT2D eigenvalue weighted by atomic mass is 79.9. The van der Waals surface area contributed by atoms with Crippen LogP contribution in [0.5, 0.6) is 0 Å². The van der Waals surface area contributed by atoms with E-state index in [2.05, 4.69) is 37.0 Å². The van der Waals surface area contributed by atoms with Gasteiger partial charge in [-0.15, -0.1) is 0 Å². The molecule has 0 saturated heterocycles. The van der Waals surface area contributed by atoms with Crippen molar-refractivity contribution in [3.8, 4) is 0 Å². The molecule has 0 saturated carbocycles. The summed E-state index contributed by atoms with van der Waals surface area (Å²) >= 11 is 6.37. The molecule has 0 aliphatic carbocycles. The number of ketones is 1. The fourth-order valence-corrected chi connectivity index (χ4v) is 3.22. The van der Waals surface area contributed by atoms with Gasteiger partial charge < -0.3 is 0 Å². The quantitative estimate of drug-likeness (QED) is 0.693. The van der Waals surface area contributed by atoms with Gasteiger partial charge in [0.25, 0.3) is 0 Å². The molecule has 7 heteroatoms. The maximum atomic E-state index is 13.8. The Balaban J connectivity index is 2.37. The summed E-state index contributed by atoms with van der Waals surface area (Å²) in [7, 11) is 1.70. The average Bonchev–Trinajstić information content (AvgIpc) is 2.65. The van der Waals surface area contributed by atoms with Crippen LogP contribution in [0, 0.1) is 11.6 Å². The number of carbonyl (C=O) groups excluding carboxylic acids is 1. The molecule has 0 aliphatic heterocycles. The number of benzene rings is 1. The third-order valence-electron chi connectivity index (χ3n) is 3.12. The molecule has 1 aromatic heterocycles. The van der Waals surface area contributed by atoms with Gasteiger partial charge in [-0.2, -0.15) is 5.10 Å². The van der Waals surface area contributed by atoms with E-state index in [0.717, 1.165) is 17.8 Å². The van der Waals surface area contributed by atoms with Crippen molar-refractivity contribution in [1.29, 1.82) is 0 Å². The summed E-state index contributed by atoms with van der Waals surface area (Å²) in [5.41, 5.74) is 0.875. The van der Waals surface area contributed by atoms with Gasteiger partial charge in [0.05, 0.1) is 27.8 Å². The second-order valence-electron chi connectivity index (χ2n) is 4.53. The van der Waals surface area contributed by atoms with E-state index < -0.39 is 23.0 Å². The molecule has 0 fully saturated rings. The lowest BCUT2D eigenvalue weighted by Crippen LogP contribution is -2.12. The molecule has 0 radical (unpaired) electrons. The van der Waals surface area contributed by atoms with Gasteiger partial charge in [-0.05, 0) is 34.5 Å². The Kier molecular flexibility index (Phi) is 4.93. The van der Waals surface area contributed by atoms with Crippen LogP contribution in [0.15, 0.2) is 21.1 Å². The Bertz CT molecular complexity index is 690. The minimum atomic E-state index is -0.874. The molecule has 0 amide bonds. The third-order valence-corrected chi connectivity index (χ3v) is 4.49. The molecule has 0 bridgehead atoms. The van der Waals surface area contributed by atoms with Crippen molar-refractivity contribution in [2.75, 3.05) is 0 Å². The van der Waals surface area contributed by atoms with Crippen molar-refractivity contribution in [2.45, 2.75) is 19.8 Å². The standard InChI is InChI=1S/C14H12Br2F2N2O/c1-3-10-14(16)11(20(2)19-10)6-12(21)13-8(17)4-7(15)5-9(13)18/h4-5H,3,6H2,1-2H3. The van der Waals surface area contributed by atoms with Gasteiger partial charge in [0.1, 0.15) is 11.6 Å². The molecule has 0 spiro atoms. The molecule has 2 aromatic rings. The predicted molar refractivity (Wildman–Crippen MR) is 82.4 cm³/mol. The summed E-state index contributed by atoms with van der Waals surface area (Å²) in [5, 5.41) is 4.26. The van der Waals surface area contributed by atoms with Crippen molar-refractivity contribution in [2.24, 2.45) is 7.05 Å². The molecule has 0 N–H and O–H groups in total. The molecule has 1 aromatic carbocycles. The minimum absolute atomic E-state index is 0.125. The lowest BCUT2D eigenvalue weighted by Gasteiger charge is -2.06. The molecule has 21 heavy (non-hydrogen) atoms. The first-order valence-corrected chi connectivity index (χ1v) is 7.81. The van der Waals surface area contributed by atoms with Crippen molar-refractivity contribution in [3.05, 3.63) is 49.7 Å². The SMILES string of the molecule is CCc1nn(C)c(CC(=O)c2c(F)cc(Br)cc2F)c1Br. The normalized spacial score (nSPS) is 11.0. The number of hydrogen-bond donors (Lipinski definition) is 0. The first-order chi connectivity index (χ1) is 9.85. The van der Waals surface area contributed by atoms with E-state index in [1.54, 1.807) is 11.7 Å². The molecule has 0 aliphatic rings. The summed E-state index contributed by atoms with van der Waals surface area (Å²) in [4.78, 5) is 12.2. The summed E-state index contributed by atoms with van der Waals surface area (Å²) in [5.74, 6) is -2.37. The predicted octanol–water partition coefficient (Wildman–Crippen LogP) is 4.21. The van der Waals surface area contributed by atoms with E-state index in [1.165, 1.54) is 0 Å². The van der Waals surface area contributed by atoms with Crippen molar-refractivity contribution in [3.63, 3.8) is 0 Å². The second-order valence-corrected chi connectivity index (χ2v) is 6.24. The first kappa shape index (κ1) is 16.3. The fraction of sp³-hybridized carbons (Fsp3) is 0.286. The maximum Gasteiger partial charge on any atom is 0.174 e. The number of nitrogens with zero attached hydrogens (tertiary/aromatic N) is 2. The number of Topliss-reactive ketones (excluding diaryl/α,β-unsaturated/α-hetero) is 1. The first-order valence-electron chi connectivity index (χ1n) is 6.23. The summed E-state index contributed by atoms with van der Waals surface area (Å²) in [6, 6.07) is 2.15. The van der Waals surface area contributed by atoms with Gasteiger partial charge in [0.15, 0.2) is 5.78 Å². The minimum Gasteiger partial charge on any atom is -0.294 e. The molecule has 1 heterocycles. The summed E-state index contributed by atoms with van der Waals surface area (Å²) < 4.78 is 30.1. The zero-order valence-electron chi connectivity index (χ0n) is 11.4. The Morgan fingerprint density at radius 1 is 1.29 bits per heavy atom. The topological polar surface area (TPSA) is 34.9 Å². The lowest BCUT2D eigenvalue weighted by atomic mass is 10.0. The van der Waals surface area contributed by atoms with E-state index in [4.69, 9.17) is 0 Å². The molecule has 3 nitrogen and oxygen atoms in total. The van der Waals surface area contributed by atoms with Crippen molar-refractivity contribution < 1.29 is 13.6 Å². The Morgan fingerprint density at radius 3 is 2.33 bits per heavy atom. The van der Waals surface area contributed by atoms with E-state index in [1.807, 2.05) is 6.92 Å². The number of halogens is 4. The van der Waals surface area contributed by atoms with Gasteiger partial charge in [-0.1, -0.05) is 22.9 Å². The van der Waals surface area contributed by atoms with Crippen LogP contribution in [-0.2, 0) is 19.9 Å². The van der Waals surface area contributed by atoms with Crippen LogP contribution in [0.3, 0.4) is 0 Å². The molecular formula is C14H12Br2F2N2O. The average molecular weight is 422 g/mol. The highest BCUT2D eigenvalue weighted by Gasteiger charge is 2.22. The Labute approximate surface area is 137 Å². The zero-order chi connectivity index (χ0) is 15.7. The number of aryl methyl sites for hydroxylation is 2. The van der Waals surface area contributed by atoms with Gasteiger partial charge in [0.2, 0.25) is 0 Å². The van der Waals surface area contributed by atoms with Crippen LogP contribution in [0.25, 0.3) is 0 Å². The Morgan fingerprint density at radius 2 is 1.86 bits per heavy atom. The third kappa shape index (κ3) is 3.23. The largest absolute Gasteiger partial charge is 0.294 e. The molecule has 2 rings (SSSR count). The second kappa shape index (κ2) is 6.36. The molecule has 0 unspecified atom stereocenters. The van der Waals surface area contributed by atoms with Crippen molar-refractivity contribution >= 4 is 37.6 Å². The monoisotopic (exact) mass is 420 g/mol. The van der Waals surface area contributed by atoms with Crippen molar-refractivity contribution in [1.82, 2.24) is 9.78 Å². The van der Waals surface area contributed by atoms with Crippen LogP contribution in [-0.4, -0.2) is 15.6 Å². The van der Waals surface area contributed by atoms with E-state index >= 15 is 0 Å². The maximum absolute atomic E-state index is 13.8. The van der Waals surface area contributed by atoms with Gasteiger partial charge >= 0.3 is 0 Å². The summed E-state index contributed by atoms with van der Waals surface area (Å²) in [6.45, 7) is 1.94. The smallest absolute Gasteiger partial charge is 0.174 e. The highest BCUT2D eigenvalue weighted by Crippen LogP contribution is 2.25. The number of aromatic nitrogens is 2. The number of rotatable bonds is 4.